The molecule has 1 spiro atoms. The average Bonchev–Trinajstić information content (AvgIpc) is 3.63. The number of carbonyl (C=O) groups is 1. The Morgan fingerprint density at radius 1 is 1.12 bits per heavy atom. The Hall–Kier alpha value is -3.40. The van der Waals surface area contributed by atoms with Crippen molar-refractivity contribution in [1.29, 1.82) is 0 Å². The van der Waals surface area contributed by atoms with Gasteiger partial charge in [-0.2, -0.15) is 18.2 Å². The number of nitrogens with zero attached hydrogens (tertiary/aromatic N) is 3. The van der Waals surface area contributed by atoms with Gasteiger partial charge in [0.05, 0.1) is 36.6 Å². The van der Waals surface area contributed by atoms with Crippen LogP contribution in [0.4, 0.5) is 34.9 Å². The van der Waals surface area contributed by atoms with Gasteiger partial charge in [0.25, 0.3) is 11.8 Å². The monoisotopic (exact) mass is 591 g/mol. The smallest absolute Gasteiger partial charge is 0.392 e. The lowest BCUT2D eigenvalue weighted by atomic mass is 9.93. The first-order valence-electron chi connectivity index (χ1n) is 12.5. The number of halogens is 4. The number of ether oxygens (including phenoxy) is 2. The minimum Gasteiger partial charge on any atom is -0.475 e. The number of piperidine rings is 1. The van der Waals surface area contributed by atoms with Crippen molar-refractivity contribution in [3.8, 4) is 11.6 Å². The number of aliphatic hydroxyl groups excluding tert-OH is 1. The van der Waals surface area contributed by atoms with E-state index in [2.05, 4.69) is 20.0 Å². The van der Waals surface area contributed by atoms with Crippen LogP contribution in [0.25, 0.3) is 0 Å². The summed E-state index contributed by atoms with van der Waals surface area (Å²) in [6.07, 6.45) is -0.431. The summed E-state index contributed by atoms with van der Waals surface area (Å²) in [7, 11) is -3.87. The third-order valence-corrected chi connectivity index (χ3v) is 8.01. The number of pyridine rings is 2. The summed E-state index contributed by atoms with van der Waals surface area (Å²) in [4.78, 5) is 23.3. The lowest BCUT2D eigenvalue weighted by Gasteiger charge is -2.34. The van der Waals surface area contributed by atoms with E-state index in [9.17, 15) is 30.8 Å². The number of anilines is 3. The molecule has 220 valence electrons. The molecule has 3 N–H and O–H groups in total. The van der Waals surface area contributed by atoms with Gasteiger partial charge >= 0.3 is 6.18 Å². The molecule has 1 amide bonds. The van der Waals surface area contributed by atoms with Crippen LogP contribution in [0.2, 0.25) is 0 Å². The fourth-order valence-electron chi connectivity index (χ4n) is 4.38. The molecule has 40 heavy (non-hydrogen) atoms. The normalized spacial score (nSPS) is 16.5. The van der Waals surface area contributed by atoms with Gasteiger partial charge < -0.3 is 24.8 Å². The highest BCUT2D eigenvalue weighted by atomic mass is 32.2. The van der Waals surface area contributed by atoms with Gasteiger partial charge in [0.1, 0.15) is 11.6 Å². The number of hydrogen-bond acceptors (Lipinski definition) is 9. The van der Waals surface area contributed by atoms with Crippen molar-refractivity contribution < 1.29 is 45.4 Å². The molecule has 2 aromatic rings. The van der Waals surface area contributed by atoms with Crippen molar-refractivity contribution in [2.45, 2.75) is 38.3 Å². The maximum Gasteiger partial charge on any atom is 0.392 e. The summed E-state index contributed by atoms with van der Waals surface area (Å²) >= 11 is 0. The van der Waals surface area contributed by atoms with Crippen LogP contribution in [0.5, 0.6) is 11.6 Å². The number of aliphatic hydroxyl groups is 1. The summed E-state index contributed by atoms with van der Waals surface area (Å²) < 4.78 is 86.7. The van der Waals surface area contributed by atoms with Crippen LogP contribution >= 0.6 is 0 Å². The maximum absolute atomic E-state index is 13.3. The molecule has 1 saturated carbocycles. The molecule has 2 fully saturated rings. The second-order valence-corrected chi connectivity index (χ2v) is 11.5. The molecule has 0 aromatic carbocycles. The third-order valence-electron chi connectivity index (χ3n) is 6.77. The summed E-state index contributed by atoms with van der Waals surface area (Å²) in [6, 6.07) is 3.90. The van der Waals surface area contributed by atoms with E-state index >= 15 is 0 Å². The Bertz CT molecular complexity index is 1310. The number of sulfonamides is 1. The van der Waals surface area contributed by atoms with E-state index < -0.39 is 60.2 Å². The molecule has 1 aliphatic carbocycles. The molecule has 4 rings (SSSR count). The highest BCUT2D eigenvalue weighted by Gasteiger charge is 2.44. The third kappa shape index (κ3) is 7.84. The predicted octanol–water partition coefficient (Wildman–Crippen LogP) is 3.48. The van der Waals surface area contributed by atoms with Crippen LogP contribution in [0, 0.1) is 5.41 Å². The van der Waals surface area contributed by atoms with E-state index in [1.165, 1.54) is 24.4 Å². The molecular weight excluding hydrogens is 562 g/mol. The van der Waals surface area contributed by atoms with Crippen LogP contribution in [0.1, 0.15) is 42.5 Å². The zero-order valence-electron chi connectivity index (χ0n) is 21.3. The zero-order chi connectivity index (χ0) is 29.0. The van der Waals surface area contributed by atoms with Crippen molar-refractivity contribution in [2.24, 2.45) is 5.41 Å². The second kappa shape index (κ2) is 12.0. The Kier molecular flexibility index (Phi) is 8.87. The van der Waals surface area contributed by atoms with Crippen LogP contribution in [-0.4, -0.2) is 74.5 Å². The molecule has 16 heteroatoms. The van der Waals surface area contributed by atoms with Crippen LogP contribution in [-0.2, 0) is 10.0 Å². The van der Waals surface area contributed by atoms with Crippen molar-refractivity contribution in [3.63, 3.8) is 0 Å². The molecule has 3 heterocycles. The summed E-state index contributed by atoms with van der Waals surface area (Å²) in [6.45, 7) is -1.38. The highest BCUT2D eigenvalue weighted by Crippen LogP contribution is 2.54. The minimum atomic E-state index is -4.48. The van der Waals surface area contributed by atoms with Gasteiger partial charge in [0.15, 0.2) is 5.75 Å². The maximum atomic E-state index is 13.3. The number of carbonyl (C=O) groups excluding carboxylic acids is 1. The summed E-state index contributed by atoms with van der Waals surface area (Å²) in [5, 5.41) is 11.5. The van der Waals surface area contributed by atoms with E-state index in [0.717, 1.165) is 25.7 Å². The predicted molar refractivity (Wildman–Crippen MR) is 137 cm³/mol. The first-order chi connectivity index (χ1) is 18.9. The average molecular weight is 592 g/mol. The fraction of sp³-hybridized carbons (Fsp3) is 0.542. The van der Waals surface area contributed by atoms with E-state index in [1.807, 2.05) is 4.90 Å². The number of hydrogen-bond donors (Lipinski definition) is 3. The van der Waals surface area contributed by atoms with Gasteiger partial charge in [0.2, 0.25) is 16.9 Å². The second-order valence-electron chi connectivity index (χ2n) is 9.64. The molecule has 11 nitrogen and oxygen atoms in total. The van der Waals surface area contributed by atoms with E-state index in [-0.39, 0.29) is 22.9 Å². The molecule has 0 unspecified atom stereocenters. The molecule has 0 radical (unpaired) electrons. The molecule has 0 atom stereocenters. The Morgan fingerprint density at radius 2 is 1.85 bits per heavy atom. The van der Waals surface area contributed by atoms with Crippen molar-refractivity contribution in [1.82, 2.24) is 9.97 Å². The van der Waals surface area contributed by atoms with Crippen LogP contribution in [0.3, 0.4) is 0 Å². The van der Waals surface area contributed by atoms with Gasteiger partial charge in [0, 0.05) is 25.4 Å². The van der Waals surface area contributed by atoms with Crippen molar-refractivity contribution in [2.75, 3.05) is 53.9 Å². The van der Waals surface area contributed by atoms with Crippen LogP contribution in [0.15, 0.2) is 24.4 Å². The van der Waals surface area contributed by atoms with Crippen molar-refractivity contribution >= 4 is 33.3 Å². The van der Waals surface area contributed by atoms with Gasteiger partial charge in [-0.15, -0.1) is 0 Å². The number of nitrogens with one attached hydrogen (secondary N) is 2. The van der Waals surface area contributed by atoms with Gasteiger partial charge in [-0.3, -0.25) is 9.52 Å². The Morgan fingerprint density at radius 3 is 2.48 bits per heavy atom. The molecule has 0 bridgehead atoms. The number of alkyl halides is 4. The number of rotatable bonds is 12. The first kappa shape index (κ1) is 29.6. The van der Waals surface area contributed by atoms with Gasteiger partial charge in [-0.05, 0) is 43.2 Å². The van der Waals surface area contributed by atoms with E-state index in [1.54, 1.807) is 0 Å². The standard InChI is InChI=1S/C24H29F4N5O6S/c25-15-39-18-1-2-19(31-22(18)38-11-7-24(26,27)28)30-21(35)16-14-29-20(32-40(36,37)12-10-34)13-17(16)33-8-5-23(3-4-23)6-9-33/h1-2,13-14,34H,3-12,15H2,(H,29,32)(H,30,31,35). The summed E-state index contributed by atoms with van der Waals surface area (Å²) in [5.41, 5.74) is 0.846. The highest BCUT2D eigenvalue weighted by molar-refractivity contribution is 7.92. The SMILES string of the molecule is O=C(Nc1ccc(OCF)c(OCCC(F)(F)F)n1)c1cnc(NS(=O)(=O)CCO)cc1N1CCC2(CC1)CC2. The van der Waals surface area contributed by atoms with Gasteiger partial charge in [-0.1, -0.05) is 0 Å². The lowest BCUT2D eigenvalue weighted by molar-refractivity contribution is -0.139. The van der Waals surface area contributed by atoms with E-state index in [0.29, 0.717) is 24.2 Å². The van der Waals surface area contributed by atoms with E-state index in [4.69, 9.17) is 14.6 Å². The molecule has 2 aromatic heterocycles. The molecule has 1 aliphatic heterocycles. The quantitative estimate of drug-likeness (QED) is 0.316. The molecule has 2 aliphatic rings. The Balaban J connectivity index is 1.57. The number of aromatic nitrogens is 2. The van der Waals surface area contributed by atoms with Crippen LogP contribution < -0.4 is 24.4 Å². The van der Waals surface area contributed by atoms with Gasteiger partial charge in [-0.25, -0.2) is 17.8 Å². The first-order valence-corrected chi connectivity index (χ1v) is 14.1. The largest absolute Gasteiger partial charge is 0.475 e. The fourth-order valence-corrected chi connectivity index (χ4v) is 5.16. The van der Waals surface area contributed by atoms with Crippen molar-refractivity contribution in [3.05, 3.63) is 30.0 Å². The Labute approximate surface area is 227 Å². The summed E-state index contributed by atoms with van der Waals surface area (Å²) in [5.74, 6) is -2.01. The number of amides is 1. The topological polar surface area (TPSA) is 143 Å². The molecule has 1 saturated heterocycles. The lowest BCUT2D eigenvalue weighted by Crippen LogP contribution is -2.36. The minimum absolute atomic E-state index is 0.0297. The zero-order valence-corrected chi connectivity index (χ0v) is 22.2. The molecular formula is C24H29F4N5O6S.